The molecule has 3 heterocycles. The van der Waals surface area contributed by atoms with Crippen LogP contribution in [0.4, 0.5) is 8.78 Å². The van der Waals surface area contributed by atoms with Crippen molar-refractivity contribution < 1.29 is 8.78 Å². The molecule has 7 nitrogen and oxygen atoms in total. The quantitative estimate of drug-likeness (QED) is 0.163. The monoisotopic (exact) mass is 729 g/mol. The lowest BCUT2D eigenvalue weighted by Gasteiger charge is -2.12. The molecule has 0 aliphatic carbocycles. The number of nitrogens with zero attached hydrogens (tertiary/aromatic N) is 7. The van der Waals surface area contributed by atoms with E-state index in [1.807, 2.05) is 149 Å². The summed E-state index contributed by atoms with van der Waals surface area (Å²) in [5, 5.41) is 0. The summed E-state index contributed by atoms with van der Waals surface area (Å²) in [7, 11) is 0. The number of para-hydroxylation sites is 6. The Morgan fingerprint density at radius 3 is 1.07 bits per heavy atom. The highest BCUT2D eigenvalue weighted by Crippen LogP contribution is 2.34. The lowest BCUT2D eigenvalue weighted by molar-refractivity contribution is 0.619. The smallest absolute Gasteiger partial charge is 0.164 e. The second-order valence-electron chi connectivity index (χ2n) is 13.2. The standard InChI is InChI=1S/C47H29F2N7/c48-35-14-4-8-18-39(35)55-41-20-10-6-16-37(41)50-46(55)33-26-22-31(23-27-33)44-52-43(30-12-2-1-3-13-30)53-45(54-44)32-24-28-34(29-25-32)47-51-38-17-7-11-21-42(38)56(47)40-19-9-5-15-36(40)49/h1-29H. The zero-order chi connectivity index (χ0) is 37.6. The highest BCUT2D eigenvalue weighted by Gasteiger charge is 2.20. The minimum atomic E-state index is -0.337. The van der Waals surface area contributed by atoms with Crippen LogP contribution in [0.1, 0.15) is 0 Å². The summed E-state index contributed by atoms with van der Waals surface area (Å²) in [5.41, 5.74) is 8.00. The first-order chi connectivity index (χ1) is 27.6. The molecule has 7 aromatic carbocycles. The molecule has 0 aliphatic rings. The summed E-state index contributed by atoms with van der Waals surface area (Å²) in [6, 6.07) is 54.2. The van der Waals surface area contributed by atoms with Gasteiger partial charge in [0.25, 0.3) is 0 Å². The first kappa shape index (κ1) is 33.0. The number of imidazole rings is 2. The predicted octanol–water partition coefficient (Wildman–Crippen LogP) is 11.2. The van der Waals surface area contributed by atoms with Gasteiger partial charge in [0, 0.05) is 27.8 Å². The van der Waals surface area contributed by atoms with Crippen molar-refractivity contribution in [3.63, 3.8) is 0 Å². The third-order valence-electron chi connectivity index (χ3n) is 9.78. The second-order valence-corrected chi connectivity index (χ2v) is 13.2. The Hall–Kier alpha value is -7.65. The first-order valence-electron chi connectivity index (χ1n) is 18.1. The Labute approximate surface area is 319 Å². The highest BCUT2D eigenvalue weighted by atomic mass is 19.1. The predicted molar refractivity (Wildman–Crippen MR) is 216 cm³/mol. The molecule has 10 aromatic rings. The van der Waals surface area contributed by atoms with Crippen molar-refractivity contribution >= 4 is 22.1 Å². The van der Waals surface area contributed by atoms with Crippen LogP contribution < -0.4 is 0 Å². The average molecular weight is 730 g/mol. The number of aromatic nitrogens is 7. The van der Waals surface area contributed by atoms with E-state index >= 15 is 8.78 Å². The molecular weight excluding hydrogens is 701 g/mol. The normalized spacial score (nSPS) is 11.4. The number of fused-ring (bicyclic) bond motifs is 2. The molecule has 0 spiro atoms. The molecular formula is C47H29F2N7. The van der Waals surface area contributed by atoms with Crippen LogP contribution in [0.25, 0.3) is 90.4 Å². The zero-order valence-corrected chi connectivity index (χ0v) is 29.6. The fourth-order valence-corrected chi connectivity index (χ4v) is 7.08. The molecule has 0 N–H and O–H groups in total. The van der Waals surface area contributed by atoms with Gasteiger partial charge in [-0.25, -0.2) is 33.7 Å². The van der Waals surface area contributed by atoms with Crippen molar-refractivity contribution in [2.24, 2.45) is 0 Å². The Balaban J connectivity index is 1.05. The fraction of sp³-hybridized carbons (Fsp3) is 0. The molecule has 0 unspecified atom stereocenters. The van der Waals surface area contributed by atoms with Crippen LogP contribution in [0.5, 0.6) is 0 Å². The van der Waals surface area contributed by atoms with Crippen LogP contribution >= 0.6 is 0 Å². The van der Waals surface area contributed by atoms with E-state index in [9.17, 15) is 0 Å². The van der Waals surface area contributed by atoms with Crippen molar-refractivity contribution in [3.05, 3.63) is 188 Å². The third-order valence-corrected chi connectivity index (χ3v) is 9.78. The van der Waals surface area contributed by atoms with E-state index in [0.717, 1.165) is 49.9 Å². The van der Waals surface area contributed by atoms with Gasteiger partial charge in [0.05, 0.1) is 33.4 Å². The van der Waals surface area contributed by atoms with Gasteiger partial charge in [0.2, 0.25) is 0 Å². The maximum atomic E-state index is 15.2. The van der Waals surface area contributed by atoms with Gasteiger partial charge < -0.3 is 0 Å². The molecule has 0 bridgehead atoms. The van der Waals surface area contributed by atoms with E-state index in [1.165, 1.54) is 12.1 Å². The first-order valence-corrected chi connectivity index (χ1v) is 18.1. The van der Waals surface area contributed by atoms with E-state index in [2.05, 4.69) is 0 Å². The van der Waals surface area contributed by atoms with E-state index in [4.69, 9.17) is 24.9 Å². The molecule has 0 atom stereocenters. The van der Waals surface area contributed by atoms with Gasteiger partial charge in [-0.15, -0.1) is 0 Å². The lowest BCUT2D eigenvalue weighted by Crippen LogP contribution is -2.02. The molecule has 3 aromatic heterocycles. The van der Waals surface area contributed by atoms with Crippen molar-refractivity contribution in [3.8, 4) is 68.3 Å². The summed E-state index contributed by atoms with van der Waals surface area (Å²) in [6.45, 7) is 0. The number of halogens is 2. The van der Waals surface area contributed by atoms with Gasteiger partial charge in [0.1, 0.15) is 23.3 Å². The fourth-order valence-electron chi connectivity index (χ4n) is 7.08. The van der Waals surface area contributed by atoms with Crippen LogP contribution in [0.3, 0.4) is 0 Å². The lowest BCUT2D eigenvalue weighted by atomic mass is 10.1. The van der Waals surface area contributed by atoms with Gasteiger partial charge in [-0.1, -0.05) is 127 Å². The van der Waals surface area contributed by atoms with Gasteiger partial charge in [0.15, 0.2) is 17.5 Å². The highest BCUT2D eigenvalue weighted by molar-refractivity contribution is 5.85. The molecule has 0 aliphatic heterocycles. The number of rotatable bonds is 7. The average Bonchev–Trinajstić information content (AvgIpc) is 3.84. The van der Waals surface area contributed by atoms with Crippen molar-refractivity contribution in [2.45, 2.75) is 0 Å². The molecule has 56 heavy (non-hydrogen) atoms. The summed E-state index contributed by atoms with van der Waals surface area (Å²) in [6.07, 6.45) is 0. The van der Waals surface area contributed by atoms with E-state index < -0.39 is 0 Å². The SMILES string of the molecule is Fc1ccccc1-n1c(-c2ccc(-c3nc(-c4ccccc4)nc(-c4ccc(-c5nc6ccccc6n5-c5ccccc5F)cc4)n3)cc2)nc2ccccc21. The van der Waals surface area contributed by atoms with Crippen LogP contribution in [0.2, 0.25) is 0 Å². The Bertz CT molecular complexity index is 2860. The van der Waals surface area contributed by atoms with E-state index in [1.54, 1.807) is 24.3 Å². The van der Waals surface area contributed by atoms with Gasteiger partial charge in [-0.05, 0) is 48.5 Å². The van der Waals surface area contributed by atoms with Crippen LogP contribution in [0, 0.1) is 11.6 Å². The van der Waals surface area contributed by atoms with E-state index in [0.29, 0.717) is 40.5 Å². The Morgan fingerprint density at radius 1 is 0.304 bits per heavy atom. The maximum absolute atomic E-state index is 15.2. The molecule has 0 saturated heterocycles. The van der Waals surface area contributed by atoms with Crippen molar-refractivity contribution in [2.75, 3.05) is 0 Å². The molecule has 0 radical (unpaired) electrons. The topological polar surface area (TPSA) is 74.3 Å². The molecule has 10 rings (SSSR count). The zero-order valence-electron chi connectivity index (χ0n) is 29.6. The largest absolute Gasteiger partial charge is 0.289 e. The molecule has 266 valence electrons. The molecule has 0 fully saturated rings. The Morgan fingerprint density at radius 2 is 0.643 bits per heavy atom. The number of hydrogen-bond acceptors (Lipinski definition) is 5. The van der Waals surface area contributed by atoms with Crippen LogP contribution in [0.15, 0.2) is 176 Å². The summed E-state index contributed by atoms with van der Waals surface area (Å²) in [4.78, 5) is 24.6. The molecule has 0 saturated carbocycles. The summed E-state index contributed by atoms with van der Waals surface area (Å²) >= 11 is 0. The maximum Gasteiger partial charge on any atom is 0.164 e. The summed E-state index contributed by atoms with van der Waals surface area (Å²) < 4.78 is 34.1. The van der Waals surface area contributed by atoms with Crippen molar-refractivity contribution in [1.82, 2.24) is 34.1 Å². The third kappa shape index (κ3) is 5.79. The van der Waals surface area contributed by atoms with Crippen molar-refractivity contribution in [1.29, 1.82) is 0 Å². The molecule has 0 amide bonds. The van der Waals surface area contributed by atoms with Gasteiger partial charge in [-0.3, -0.25) is 9.13 Å². The number of benzene rings is 7. The minimum Gasteiger partial charge on any atom is -0.289 e. The Kier molecular flexibility index (Phi) is 8.03. The van der Waals surface area contributed by atoms with E-state index in [-0.39, 0.29) is 11.6 Å². The van der Waals surface area contributed by atoms with Crippen LogP contribution in [-0.2, 0) is 0 Å². The van der Waals surface area contributed by atoms with Gasteiger partial charge >= 0.3 is 0 Å². The minimum absolute atomic E-state index is 0.337. The number of hydrogen-bond donors (Lipinski definition) is 0. The second kappa shape index (κ2) is 13.6. The molecule has 9 heteroatoms. The van der Waals surface area contributed by atoms with Gasteiger partial charge in [-0.2, -0.15) is 0 Å². The summed E-state index contributed by atoms with van der Waals surface area (Å²) in [5.74, 6) is 2.08. The van der Waals surface area contributed by atoms with Crippen LogP contribution in [-0.4, -0.2) is 34.1 Å².